The number of Topliss-reactive ketones (excluding diaryl/α,β-unsaturated/α-hetero) is 1. The van der Waals surface area contributed by atoms with Crippen molar-refractivity contribution in [2.75, 3.05) is 6.61 Å². The van der Waals surface area contributed by atoms with Crippen molar-refractivity contribution in [1.29, 1.82) is 0 Å². The molecule has 3 nitrogen and oxygen atoms in total. The fourth-order valence-electron chi connectivity index (χ4n) is 3.41. The molecule has 0 heterocycles. The number of hydrogen-bond acceptors (Lipinski definition) is 3. The summed E-state index contributed by atoms with van der Waals surface area (Å²) in [5.74, 6) is 0.306. The molecule has 0 aliphatic heterocycles. The molecular formula is C21H32O3. The van der Waals surface area contributed by atoms with E-state index in [4.69, 9.17) is 4.74 Å². The molecule has 2 saturated carbocycles. The molecule has 0 spiro atoms. The third-order valence-electron chi connectivity index (χ3n) is 5.26. The van der Waals surface area contributed by atoms with Crippen molar-refractivity contribution >= 4 is 11.8 Å². The highest BCUT2D eigenvalue weighted by Crippen LogP contribution is 2.40. The molecule has 0 radical (unpaired) electrons. The molecular weight excluding hydrogens is 300 g/mol. The lowest BCUT2D eigenvalue weighted by Gasteiger charge is -2.26. The van der Waals surface area contributed by atoms with Crippen LogP contribution in [0.1, 0.15) is 78.6 Å². The lowest BCUT2D eigenvalue weighted by molar-refractivity contribution is -0.151. The Bertz CT molecular complexity index is 521. The Labute approximate surface area is 146 Å². The molecule has 0 saturated heterocycles. The van der Waals surface area contributed by atoms with Crippen LogP contribution < -0.4 is 0 Å². The number of hydrogen-bond donors (Lipinski definition) is 0. The van der Waals surface area contributed by atoms with E-state index in [1.165, 1.54) is 11.1 Å². The third kappa shape index (κ3) is 5.61. The van der Waals surface area contributed by atoms with Crippen LogP contribution in [0.15, 0.2) is 23.3 Å². The van der Waals surface area contributed by atoms with Crippen LogP contribution in [-0.4, -0.2) is 18.4 Å². The first-order valence-corrected chi connectivity index (χ1v) is 9.42. The summed E-state index contributed by atoms with van der Waals surface area (Å²) >= 11 is 0. The molecule has 0 aromatic carbocycles. The Morgan fingerprint density at radius 1 is 1.21 bits per heavy atom. The van der Waals surface area contributed by atoms with E-state index in [2.05, 4.69) is 32.9 Å². The summed E-state index contributed by atoms with van der Waals surface area (Å²) in [5.41, 5.74) is 2.32. The van der Waals surface area contributed by atoms with Gasteiger partial charge in [-0.05, 0) is 72.1 Å². The minimum atomic E-state index is -0.415. The fourth-order valence-corrected chi connectivity index (χ4v) is 3.41. The van der Waals surface area contributed by atoms with E-state index in [-0.39, 0.29) is 11.9 Å². The van der Waals surface area contributed by atoms with Gasteiger partial charge in [0, 0.05) is 6.42 Å². The summed E-state index contributed by atoms with van der Waals surface area (Å²) in [6.07, 6.45) is 12.7. The standard InChI is InChI=1S/C21H32O3/c1-16(2)7-4-8-17(3)9-5-13-21(14-6-10-19(21)22)15-24-20(23)18-11-12-18/h7,9,18H,4-6,8,10-15H2,1-3H3/b17-9+/t21-/m1/s1. The summed E-state index contributed by atoms with van der Waals surface area (Å²) in [5, 5.41) is 0. The van der Waals surface area contributed by atoms with Crippen LogP contribution in [0.25, 0.3) is 0 Å². The van der Waals surface area contributed by atoms with Gasteiger partial charge in [-0.3, -0.25) is 9.59 Å². The number of rotatable bonds is 9. The zero-order valence-corrected chi connectivity index (χ0v) is 15.5. The normalized spacial score (nSPS) is 24.1. The van der Waals surface area contributed by atoms with Crippen molar-refractivity contribution in [3.63, 3.8) is 0 Å². The first-order valence-electron chi connectivity index (χ1n) is 9.42. The molecule has 2 aliphatic carbocycles. The predicted octanol–water partition coefficient (Wildman–Crippen LogP) is 5.15. The highest BCUT2D eigenvalue weighted by atomic mass is 16.5. The van der Waals surface area contributed by atoms with Gasteiger partial charge in [0.25, 0.3) is 0 Å². The van der Waals surface area contributed by atoms with E-state index < -0.39 is 5.41 Å². The van der Waals surface area contributed by atoms with Crippen LogP contribution in [0.3, 0.4) is 0 Å². The van der Waals surface area contributed by atoms with Gasteiger partial charge in [0.05, 0.1) is 11.3 Å². The van der Waals surface area contributed by atoms with Crippen molar-refractivity contribution < 1.29 is 14.3 Å². The van der Waals surface area contributed by atoms with Gasteiger partial charge in [-0.25, -0.2) is 0 Å². The van der Waals surface area contributed by atoms with Crippen LogP contribution in [0.5, 0.6) is 0 Å². The average molecular weight is 332 g/mol. The smallest absolute Gasteiger partial charge is 0.308 e. The number of carbonyl (C=O) groups is 2. The molecule has 0 bridgehead atoms. The lowest BCUT2D eigenvalue weighted by Crippen LogP contribution is -2.32. The molecule has 2 aliphatic rings. The maximum Gasteiger partial charge on any atom is 0.308 e. The van der Waals surface area contributed by atoms with Crippen molar-refractivity contribution in [3.8, 4) is 0 Å². The average Bonchev–Trinajstić information content (AvgIpc) is 3.31. The van der Waals surface area contributed by atoms with Gasteiger partial charge in [-0.2, -0.15) is 0 Å². The minimum Gasteiger partial charge on any atom is -0.464 e. The van der Waals surface area contributed by atoms with Crippen LogP contribution in [0.2, 0.25) is 0 Å². The van der Waals surface area contributed by atoms with Crippen LogP contribution in [-0.2, 0) is 14.3 Å². The summed E-state index contributed by atoms with van der Waals surface area (Å²) in [6, 6.07) is 0. The lowest BCUT2D eigenvalue weighted by atomic mass is 9.81. The van der Waals surface area contributed by atoms with Crippen molar-refractivity contribution in [1.82, 2.24) is 0 Å². The second-order valence-electron chi connectivity index (χ2n) is 7.85. The van der Waals surface area contributed by atoms with Crippen molar-refractivity contribution in [2.24, 2.45) is 11.3 Å². The van der Waals surface area contributed by atoms with Crippen molar-refractivity contribution in [2.45, 2.75) is 78.6 Å². The van der Waals surface area contributed by atoms with Crippen LogP contribution in [0, 0.1) is 11.3 Å². The van der Waals surface area contributed by atoms with Gasteiger partial charge < -0.3 is 4.74 Å². The summed E-state index contributed by atoms with van der Waals surface area (Å²) in [6.45, 7) is 6.70. The summed E-state index contributed by atoms with van der Waals surface area (Å²) < 4.78 is 5.48. The van der Waals surface area contributed by atoms with E-state index in [0.29, 0.717) is 18.8 Å². The maximum atomic E-state index is 12.4. The summed E-state index contributed by atoms with van der Waals surface area (Å²) in [4.78, 5) is 24.2. The Morgan fingerprint density at radius 3 is 2.54 bits per heavy atom. The van der Waals surface area contributed by atoms with E-state index in [0.717, 1.165) is 51.4 Å². The quantitative estimate of drug-likeness (QED) is 0.433. The first-order chi connectivity index (χ1) is 11.4. The van der Waals surface area contributed by atoms with Gasteiger partial charge in [0.2, 0.25) is 0 Å². The number of allylic oxidation sites excluding steroid dienone is 4. The predicted molar refractivity (Wildman–Crippen MR) is 96.6 cm³/mol. The van der Waals surface area contributed by atoms with Gasteiger partial charge in [-0.1, -0.05) is 23.3 Å². The summed E-state index contributed by atoms with van der Waals surface area (Å²) in [7, 11) is 0. The highest BCUT2D eigenvalue weighted by molar-refractivity contribution is 5.87. The van der Waals surface area contributed by atoms with E-state index >= 15 is 0 Å². The van der Waals surface area contributed by atoms with Gasteiger partial charge in [-0.15, -0.1) is 0 Å². The molecule has 2 rings (SSSR count). The highest BCUT2D eigenvalue weighted by Gasteiger charge is 2.43. The Hall–Kier alpha value is -1.38. The Kier molecular flexibility index (Phi) is 6.82. The molecule has 1 atom stereocenters. The SMILES string of the molecule is CC(C)=CCC/C(C)=C/CC[C@]1(COC(=O)C2CC2)CCCC1=O. The molecule has 0 aromatic heterocycles. The number of ketones is 1. The Balaban J connectivity index is 1.83. The molecule has 0 unspecified atom stereocenters. The molecule has 0 aromatic rings. The molecule has 134 valence electrons. The van der Waals surface area contributed by atoms with Crippen molar-refractivity contribution in [3.05, 3.63) is 23.3 Å². The molecule has 0 amide bonds. The topological polar surface area (TPSA) is 43.4 Å². The molecule has 0 N–H and O–H groups in total. The first kappa shape index (κ1) is 19.0. The third-order valence-corrected chi connectivity index (χ3v) is 5.26. The van der Waals surface area contributed by atoms with E-state index in [9.17, 15) is 9.59 Å². The van der Waals surface area contributed by atoms with Gasteiger partial charge in [0.15, 0.2) is 0 Å². The van der Waals surface area contributed by atoms with Crippen LogP contribution >= 0.6 is 0 Å². The Morgan fingerprint density at radius 2 is 1.96 bits per heavy atom. The van der Waals surface area contributed by atoms with Gasteiger partial charge in [0.1, 0.15) is 12.4 Å². The molecule has 3 heteroatoms. The largest absolute Gasteiger partial charge is 0.464 e. The van der Waals surface area contributed by atoms with Crippen LogP contribution in [0.4, 0.5) is 0 Å². The van der Waals surface area contributed by atoms with Gasteiger partial charge >= 0.3 is 5.97 Å². The van der Waals surface area contributed by atoms with E-state index in [1.54, 1.807) is 0 Å². The fraction of sp³-hybridized carbons (Fsp3) is 0.714. The number of esters is 1. The second-order valence-corrected chi connectivity index (χ2v) is 7.85. The zero-order chi connectivity index (χ0) is 17.6. The maximum absolute atomic E-state index is 12.4. The monoisotopic (exact) mass is 332 g/mol. The van der Waals surface area contributed by atoms with E-state index in [1.807, 2.05) is 0 Å². The minimum absolute atomic E-state index is 0.0949. The number of carbonyl (C=O) groups excluding carboxylic acids is 2. The second kappa shape index (κ2) is 8.64. The molecule has 2 fully saturated rings. The number of ether oxygens (including phenoxy) is 1. The molecule has 24 heavy (non-hydrogen) atoms. The zero-order valence-electron chi connectivity index (χ0n) is 15.5.